The maximum absolute atomic E-state index is 10.9. The number of anilines is 1. The third-order valence-electron chi connectivity index (χ3n) is 1.67. The van der Waals surface area contributed by atoms with Gasteiger partial charge in [-0.2, -0.15) is 8.42 Å². The summed E-state index contributed by atoms with van der Waals surface area (Å²) in [5, 5.41) is 10.7. The molecule has 0 unspecified atom stereocenters. The van der Waals surface area contributed by atoms with E-state index in [1.165, 1.54) is 13.0 Å². The molecule has 8 heteroatoms. The Hall–Kier alpha value is -1.98. The van der Waals surface area contributed by atoms with Crippen molar-refractivity contribution < 1.29 is 17.8 Å². The van der Waals surface area contributed by atoms with E-state index in [9.17, 15) is 13.2 Å². The molecule has 1 amide bonds. The maximum Gasteiger partial charge on any atom is 0.387 e. The number of carbonyl (C=O) groups excluding carboxylic acids is 1. The van der Waals surface area contributed by atoms with Gasteiger partial charge in [0.1, 0.15) is 4.90 Å². The Bertz CT molecular complexity index is 573. The van der Waals surface area contributed by atoms with Crippen LogP contribution in [0.3, 0.4) is 0 Å². The number of nitrogens with zero attached hydrogens (tertiary/aromatic N) is 2. The summed E-state index contributed by atoms with van der Waals surface area (Å²) in [6, 6.07) is 3.31. The van der Waals surface area contributed by atoms with Crippen LogP contribution in [0.5, 0.6) is 0 Å². The molecule has 0 saturated heterocycles. The third-order valence-corrected chi connectivity index (χ3v) is 2.58. The molecule has 0 bridgehead atoms. The van der Waals surface area contributed by atoms with E-state index in [1.807, 2.05) is 0 Å². The van der Waals surface area contributed by atoms with Crippen LogP contribution in [0.2, 0.25) is 0 Å². The van der Waals surface area contributed by atoms with Gasteiger partial charge in [-0.15, -0.1) is 0 Å². The first-order valence-electron chi connectivity index (χ1n) is 4.09. The first kappa shape index (κ1) is 12.1. The molecule has 0 aliphatic rings. The van der Waals surface area contributed by atoms with E-state index in [0.29, 0.717) is 0 Å². The second-order valence-corrected chi connectivity index (χ2v) is 4.33. The highest BCUT2D eigenvalue weighted by Crippen LogP contribution is 2.26. The van der Waals surface area contributed by atoms with E-state index >= 15 is 0 Å². The molecule has 0 heterocycles. The van der Waals surface area contributed by atoms with Crippen molar-refractivity contribution in [1.82, 2.24) is 0 Å². The summed E-state index contributed by atoms with van der Waals surface area (Å²) < 4.78 is 30.8. The number of amides is 1. The summed E-state index contributed by atoms with van der Waals surface area (Å²) in [7, 11) is -4.44. The monoisotopic (exact) mass is 242 g/mol. The zero-order valence-electron chi connectivity index (χ0n) is 8.21. The van der Waals surface area contributed by atoms with Crippen molar-refractivity contribution in [3.8, 4) is 0 Å². The maximum atomic E-state index is 10.9. The first-order chi connectivity index (χ1) is 7.34. The molecule has 0 aliphatic heterocycles. The zero-order chi connectivity index (χ0) is 12.3. The molecular weight excluding hydrogens is 234 g/mol. The largest absolute Gasteiger partial charge is 0.387 e. The van der Waals surface area contributed by atoms with Gasteiger partial charge in [0.15, 0.2) is 4.98 Å². The van der Waals surface area contributed by atoms with E-state index < -0.39 is 20.9 Å². The van der Waals surface area contributed by atoms with Crippen molar-refractivity contribution in [3.05, 3.63) is 23.2 Å². The summed E-state index contributed by atoms with van der Waals surface area (Å²) in [6.07, 6.45) is 0. The Morgan fingerprint density at radius 3 is 2.56 bits per heavy atom. The average molecular weight is 242 g/mol. The fourth-order valence-corrected chi connectivity index (χ4v) is 1.72. The molecular formula is C8H8N3O4S+. The first-order valence-corrected chi connectivity index (χ1v) is 5.53. The van der Waals surface area contributed by atoms with Gasteiger partial charge in [0.25, 0.3) is 10.1 Å². The Kier molecular flexibility index (Phi) is 3.22. The van der Waals surface area contributed by atoms with Gasteiger partial charge in [0.2, 0.25) is 11.3 Å². The number of benzene rings is 1. The fourth-order valence-electron chi connectivity index (χ4n) is 1.09. The minimum atomic E-state index is -4.44. The van der Waals surface area contributed by atoms with Gasteiger partial charge in [0, 0.05) is 13.0 Å². The van der Waals surface area contributed by atoms with Crippen LogP contribution in [0.15, 0.2) is 23.1 Å². The molecule has 0 fully saturated rings. The molecule has 1 aromatic carbocycles. The minimum absolute atomic E-state index is 0.0520. The number of nitrogens with one attached hydrogen (secondary N) is 1. The molecule has 0 atom stereocenters. The molecule has 84 valence electrons. The Morgan fingerprint density at radius 2 is 2.12 bits per heavy atom. The number of diazo groups is 1. The van der Waals surface area contributed by atoms with Crippen LogP contribution < -0.4 is 5.32 Å². The van der Waals surface area contributed by atoms with Crippen LogP contribution >= 0.6 is 0 Å². The molecule has 16 heavy (non-hydrogen) atoms. The number of hydrogen-bond donors (Lipinski definition) is 2. The number of carbonyl (C=O) groups is 1. The van der Waals surface area contributed by atoms with Crippen LogP contribution in [0, 0.1) is 5.39 Å². The van der Waals surface area contributed by atoms with Gasteiger partial charge in [-0.1, -0.05) is 0 Å². The highest BCUT2D eigenvalue weighted by Gasteiger charge is 2.19. The summed E-state index contributed by atoms with van der Waals surface area (Å²) in [6.45, 7) is 1.18. The molecule has 0 aliphatic carbocycles. The van der Waals surface area contributed by atoms with Gasteiger partial charge >= 0.3 is 5.69 Å². The van der Waals surface area contributed by atoms with Crippen LogP contribution in [-0.2, 0) is 14.9 Å². The lowest BCUT2D eigenvalue weighted by Gasteiger charge is -2.05. The molecule has 1 rings (SSSR count). The predicted octanol–water partition coefficient (Wildman–Crippen LogP) is 1.38. The third kappa shape index (κ3) is 2.75. The fraction of sp³-hybridized carbons (Fsp3) is 0.125. The SMILES string of the molecule is CC(=O)Nc1cc([N+]#N)ccc1S(=O)(=O)O. The smallest absolute Gasteiger partial charge is 0.325 e. The van der Waals surface area contributed by atoms with Crippen LogP contribution in [0.4, 0.5) is 11.4 Å². The second-order valence-electron chi connectivity index (χ2n) is 2.94. The Morgan fingerprint density at radius 1 is 1.50 bits per heavy atom. The van der Waals surface area contributed by atoms with Gasteiger partial charge in [0.05, 0.1) is 11.8 Å². The lowest BCUT2D eigenvalue weighted by atomic mass is 10.3. The molecule has 2 N–H and O–H groups in total. The normalized spacial score (nSPS) is 10.6. The number of rotatable bonds is 2. The van der Waals surface area contributed by atoms with Gasteiger partial charge in [-0.3, -0.25) is 9.35 Å². The van der Waals surface area contributed by atoms with Crippen molar-refractivity contribution in [2.45, 2.75) is 11.8 Å². The molecule has 0 spiro atoms. The highest BCUT2D eigenvalue weighted by molar-refractivity contribution is 7.86. The van der Waals surface area contributed by atoms with E-state index in [-0.39, 0.29) is 11.4 Å². The zero-order valence-corrected chi connectivity index (χ0v) is 9.02. The lowest BCUT2D eigenvalue weighted by molar-refractivity contribution is -0.114. The van der Waals surface area contributed by atoms with Crippen molar-refractivity contribution in [2.24, 2.45) is 0 Å². The standard InChI is InChI=1S/C8H7N3O4S/c1-5(12)10-7-4-6(11-9)2-3-8(7)16(13,14)15/h2-4H,1H3,(H-,10,12,13,14,15)/p+1. The quantitative estimate of drug-likeness (QED) is 0.601. The van der Waals surface area contributed by atoms with Crippen LogP contribution in [0.25, 0.3) is 4.98 Å². The molecule has 1 aromatic rings. The summed E-state index contributed by atoms with van der Waals surface area (Å²) >= 11 is 0. The Balaban J connectivity index is 3.40. The summed E-state index contributed by atoms with van der Waals surface area (Å²) in [5.74, 6) is -0.514. The molecule has 0 saturated carbocycles. The van der Waals surface area contributed by atoms with Crippen molar-refractivity contribution in [3.63, 3.8) is 0 Å². The predicted molar refractivity (Wildman–Crippen MR) is 55.3 cm³/mol. The summed E-state index contributed by atoms with van der Waals surface area (Å²) in [5.41, 5.74) is -0.0959. The van der Waals surface area contributed by atoms with Gasteiger partial charge in [-0.25, -0.2) is 0 Å². The summed E-state index contributed by atoms with van der Waals surface area (Å²) in [4.78, 5) is 13.2. The Labute approximate surface area is 91.5 Å². The molecule has 0 radical (unpaired) electrons. The molecule has 7 nitrogen and oxygen atoms in total. The van der Waals surface area contributed by atoms with Gasteiger partial charge in [-0.05, 0) is 6.07 Å². The second kappa shape index (κ2) is 4.26. The molecule has 0 aromatic heterocycles. The van der Waals surface area contributed by atoms with Crippen LogP contribution in [-0.4, -0.2) is 18.9 Å². The van der Waals surface area contributed by atoms with Crippen molar-refractivity contribution >= 4 is 27.4 Å². The van der Waals surface area contributed by atoms with Crippen LogP contribution in [0.1, 0.15) is 6.92 Å². The van der Waals surface area contributed by atoms with Gasteiger partial charge < -0.3 is 5.32 Å². The van der Waals surface area contributed by atoms with E-state index in [1.54, 1.807) is 0 Å². The lowest BCUT2D eigenvalue weighted by Crippen LogP contribution is -2.10. The minimum Gasteiger partial charge on any atom is -0.325 e. The van der Waals surface area contributed by atoms with Crippen molar-refractivity contribution in [2.75, 3.05) is 5.32 Å². The average Bonchev–Trinajstić information content (AvgIpc) is 2.14. The van der Waals surface area contributed by atoms with E-state index in [2.05, 4.69) is 10.3 Å². The van der Waals surface area contributed by atoms with E-state index in [4.69, 9.17) is 9.95 Å². The highest BCUT2D eigenvalue weighted by atomic mass is 32.2. The van der Waals surface area contributed by atoms with Crippen molar-refractivity contribution in [1.29, 1.82) is 5.39 Å². The van der Waals surface area contributed by atoms with E-state index in [0.717, 1.165) is 12.1 Å². The number of hydrogen-bond acceptors (Lipinski definition) is 4. The topological polar surface area (TPSA) is 112 Å².